The highest BCUT2D eigenvalue weighted by Gasteiger charge is 2.04. The first-order valence-corrected chi connectivity index (χ1v) is 5.70. The lowest BCUT2D eigenvalue weighted by Gasteiger charge is -2.13. The van der Waals surface area contributed by atoms with Gasteiger partial charge in [-0.2, -0.15) is 0 Å². The van der Waals surface area contributed by atoms with Gasteiger partial charge in [0, 0.05) is 0 Å². The minimum Gasteiger partial charge on any atom is -0.376 e. The summed E-state index contributed by atoms with van der Waals surface area (Å²) in [5, 5.41) is 0. The van der Waals surface area contributed by atoms with Crippen LogP contribution in [0.5, 0.6) is 0 Å². The normalized spacial score (nSPS) is 10.3. The molecule has 0 heterocycles. The molecule has 1 aromatic carbocycles. The molecule has 0 aromatic heterocycles. The van der Waals surface area contributed by atoms with Gasteiger partial charge >= 0.3 is 0 Å². The molecule has 86 valence electrons. The average Bonchev–Trinajstić information content (AvgIpc) is 2.31. The van der Waals surface area contributed by atoms with Crippen molar-refractivity contribution in [2.75, 3.05) is 6.61 Å². The van der Waals surface area contributed by atoms with Gasteiger partial charge in [0.25, 0.3) is 0 Å². The van der Waals surface area contributed by atoms with Crippen LogP contribution < -0.4 is 0 Å². The maximum atomic E-state index is 5.69. The van der Waals surface area contributed by atoms with Crippen LogP contribution in [0.25, 0.3) is 0 Å². The lowest BCUT2D eigenvalue weighted by atomic mass is 10.0. The molecule has 0 aliphatic carbocycles. The van der Waals surface area contributed by atoms with Crippen molar-refractivity contribution in [2.24, 2.45) is 5.92 Å². The highest BCUT2D eigenvalue weighted by Crippen LogP contribution is 2.11. The Bertz CT molecular complexity index is 292. The summed E-state index contributed by atoms with van der Waals surface area (Å²) < 4.78 is 5.69. The van der Waals surface area contributed by atoms with Gasteiger partial charge in [-0.25, -0.2) is 0 Å². The highest BCUT2D eigenvalue weighted by atomic mass is 16.5. The van der Waals surface area contributed by atoms with E-state index in [0.717, 1.165) is 19.4 Å². The van der Waals surface area contributed by atoms with E-state index >= 15 is 0 Å². The molecule has 0 N–H and O–H groups in total. The van der Waals surface area contributed by atoms with Gasteiger partial charge in [0.2, 0.25) is 0 Å². The van der Waals surface area contributed by atoms with Gasteiger partial charge in [0.05, 0.1) is 13.2 Å². The summed E-state index contributed by atoms with van der Waals surface area (Å²) in [6, 6.07) is 10.2. The molecular weight excluding hydrogens is 196 g/mol. The SMILES string of the molecule is C=CCC(CC=C)COCc1ccccc1. The predicted molar refractivity (Wildman–Crippen MR) is 69.2 cm³/mol. The third kappa shape index (κ3) is 4.94. The Morgan fingerprint density at radius 1 is 1.06 bits per heavy atom. The summed E-state index contributed by atoms with van der Waals surface area (Å²) in [6.45, 7) is 8.98. The van der Waals surface area contributed by atoms with E-state index in [1.165, 1.54) is 5.56 Å². The largest absolute Gasteiger partial charge is 0.376 e. The van der Waals surface area contributed by atoms with Crippen LogP contribution in [0.4, 0.5) is 0 Å². The molecule has 0 fully saturated rings. The van der Waals surface area contributed by atoms with Gasteiger partial charge < -0.3 is 4.74 Å². The second-order valence-corrected chi connectivity index (χ2v) is 3.92. The molecule has 0 unspecified atom stereocenters. The van der Waals surface area contributed by atoms with Gasteiger partial charge in [-0.15, -0.1) is 13.2 Å². The van der Waals surface area contributed by atoms with Gasteiger partial charge in [-0.3, -0.25) is 0 Å². The number of benzene rings is 1. The number of allylic oxidation sites excluding steroid dienone is 2. The topological polar surface area (TPSA) is 9.23 Å². The molecular formula is C15H20O. The molecule has 0 aliphatic rings. The fraction of sp³-hybridized carbons (Fsp3) is 0.333. The minimum absolute atomic E-state index is 0.513. The van der Waals surface area contributed by atoms with Crippen molar-refractivity contribution < 1.29 is 4.74 Å². The van der Waals surface area contributed by atoms with Crippen LogP contribution in [0, 0.1) is 5.92 Å². The van der Waals surface area contributed by atoms with E-state index in [4.69, 9.17) is 4.74 Å². The van der Waals surface area contributed by atoms with Crippen molar-refractivity contribution in [2.45, 2.75) is 19.4 Å². The molecule has 0 saturated carbocycles. The van der Waals surface area contributed by atoms with Gasteiger partial charge in [0.1, 0.15) is 0 Å². The Kier molecular flexibility index (Phi) is 6.28. The van der Waals surface area contributed by atoms with Crippen LogP contribution in [0.3, 0.4) is 0 Å². The van der Waals surface area contributed by atoms with Gasteiger partial charge in [-0.1, -0.05) is 42.5 Å². The van der Waals surface area contributed by atoms with Crippen LogP contribution in [-0.2, 0) is 11.3 Å². The third-order valence-corrected chi connectivity index (χ3v) is 2.47. The molecule has 0 amide bonds. The minimum atomic E-state index is 0.513. The van der Waals surface area contributed by atoms with E-state index in [9.17, 15) is 0 Å². The fourth-order valence-electron chi connectivity index (χ4n) is 1.62. The standard InChI is InChI=1S/C15H20O/c1-3-8-14(9-4-2)12-16-13-15-10-6-5-7-11-15/h3-7,10-11,14H,1-2,8-9,12-13H2. The summed E-state index contributed by atoms with van der Waals surface area (Å²) in [6.07, 6.45) is 5.86. The summed E-state index contributed by atoms with van der Waals surface area (Å²) >= 11 is 0. The van der Waals surface area contributed by atoms with E-state index < -0.39 is 0 Å². The number of ether oxygens (including phenoxy) is 1. The fourth-order valence-corrected chi connectivity index (χ4v) is 1.62. The predicted octanol–water partition coefficient (Wildman–Crippen LogP) is 3.97. The second-order valence-electron chi connectivity index (χ2n) is 3.92. The number of hydrogen-bond donors (Lipinski definition) is 0. The Morgan fingerprint density at radius 3 is 2.25 bits per heavy atom. The molecule has 0 saturated heterocycles. The molecule has 1 aromatic rings. The van der Waals surface area contributed by atoms with E-state index in [0.29, 0.717) is 12.5 Å². The average molecular weight is 216 g/mol. The zero-order valence-electron chi connectivity index (χ0n) is 9.77. The molecule has 16 heavy (non-hydrogen) atoms. The van der Waals surface area contributed by atoms with Crippen LogP contribution >= 0.6 is 0 Å². The van der Waals surface area contributed by atoms with E-state index in [-0.39, 0.29) is 0 Å². The van der Waals surface area contributed by atoms with Crippen LogP contribution in [0.15, 0.2) is 55.6 Å². The molecule has 0 atom stereocenters. The van der Waals surface area contributed by atoms with Crippen molar-refractivity contribution >= 4 is 0 Å². The first-order valence-electron chi connectivity index (χ1n) is 5.70. The summed E-state index contributed by atoms with van der Waals surface area (Å²) in [5.74, 6) is 0.513. The Hall–Kier alpha value is -1.34. The van der Waals surface area contributed by atoms with Crippen molar-refractivity contribution in [3.8, 4) is 0 Å². The quantitative estimate of drug-likeness (QED) is 0.597. The van der Waals surface area contributed by atoms with Crippen molar-refractivity contribution in [3.05, 3.63) is 61.2 Å². The summed E-state index contributed by atoms with van der Waals surface area (Å²) in [5.41, 5.74) is 1.22. The molecule has 0 aliphatic heterocycles. The third-order valence-electron chi connectivity index (χ3n) is 2.47. The van der Waals surface area contributed by atoms with Gasteiger partial charge in [-0.05, 0) is 24.3 Å². The zero-order chi connectivity index (χ0) is 11.6. The number of hydrogen-bond acceptors (Lipinski definition) is 1. The van der Waals surface area contributed by atoms with Crippen molar-refractivity contribution in [3.63, 3.8) is 0 Å². The molecule has 0 bridgehead atoms. The number of rotatable bonds is 8. The monoisotopic (exact) mass is 216 g/mol. The van der Waals surface area contributed by atoms with Crippen LogP contribution in [0.1, 0.15) is 18.4 Å². The molecule has 1 rings (SSSR count). The molecule has 0 radical (unpaired) electrons. The molecule has 1 heteroatoms. The molecule has 0 spiro atoms. The van der Waals surface area contributed by atoms with E-state index in [1.807, 2.05) is 30.4 Å². The Balaban J connectivity index is 2.27. The van der Waals surface area contributed by atoms with Crippen molar-refractivity contribution in [1.29, 1.82) is 0 Å². The second kappa shape index (κ2) is 7.89. The zero-order valence-corrected chi connectivity index (χ0v) is 9.77. The Morgan fingerprint density at radius 2 is 1.69 bits per heavy atom. The maximum Gasteiger partial charge on any atom is 0.0717 e. The first-order chi connectivity index (χ1) is 7.86. The molecule has 1 nitrogen and oxygen atoms in total. The highest BCUT2D eigenvalue weighted by molar-refractivity contribution is 5.13. The van der Waals surface area contributed by atoms with Gasteiger partial charge in [0.15, 0.2) is 0 Å². The Labute approximate surface area is 98.5 Å². The summed E-state index contributed by atoms with van der Waals surface area (Å²) in [7, 11) is 0. The van der Waals surface area contributed by atoms with Crippen molar-refractivity contribution in [1.82, 2.24) is 0 Å². The summed E-state index contributed by atoms with van der Waals surface area (Å²) in [4.78, 5) is 0. The first kappa shape index (κ1) is 12.7. The van der Waals surface area contributed by atoms with E-state index in [2.05, 4.69) is 25.3 Å². The van der Waals surface area contributed by atoms with E-state index in [1.54, 1.807) is 0 Å². The lowest BCUT2D eigenvalue weighted by Crippen LogP contribution is -2.08. The lowest BCUT2D eigenvalue weighted by molar-refractivity contribution is 0.0884. The van der Waals surface area contributed by atoms with Crippen LogP contribution in [0.2, 0.25) is 0 Å². The van der Waals surface area contributed by atoms with Crippen LogP contribution in [-0.4, -0.2) is 6.61 Å². The smallest absolute Gasteiger partial charge is 0.0717 e. The maximum absolute atomic E-state index is 5.69.